The van der Waals surface area contributed by atoms with Crippen molar-refractivity contribution in [3.05, 3.63) is 54.2 Å². The molecule has 1 atom stereocenters. The summed E-state index contributed by atoms with van der Waals surface area (Å²) in [5, 5.41) is 6.17. The van der Waals surface area contributed by atoms with E-state index in [4.69, 9.17) is 0 Å². The Morgan fingerprint density at radius 2 is 1.94 bits per heavy atom. The van der Waals surface area contributed by atoms with E-state index in [9.17, 15) is 4.79 Å². The van der Waals surface area contributed by atoms with E-state index in [0.717, 1.165) is 17.1 Å². The molecule has 0 saturated carbocycles. The second-order valence-corrected chi connectivity index (χ2v) is 4.26. The molecule has 1 aromatic heterocycles. The van der Waals surface area contributed by atoms with Gasteiger partial charge in [0.15, 0.2) is 0 Å². The molecule has 18 heavy (non-hydrogen) atoms. The predicted octanol–water partition coefficient (Wildman–Crippen LogP) is 2.58. The van der Waals surface area contributed by atoms with Gasteiger partial charge in [-0.2, -0.15) is 0 Å². The lowest BCUT2D eigenvalue weighted by atomic mass is 10.0. The zero-order valence-electron chi connectivity index (χ0n) is 9.76. The maximum Gasteiger partial charge on any atom is 0.226 e. The van der Waals surface area contributed by atoms with Gasteiger partial charge in [-0.1, -0.05) is 30.3 Å². The summed E-state index contributed by atoms with van der Waals surface area (Å²) in [6, 6.07) is 13.6. The minimum atomic E-state index is -0.0395. The second kappa shape index (κ2) is 4.49. The van der Waals surface area contributed by atoms with Crippen LogP contribution in [0.2, 0.25) is 0 Å². The van der Waals surface area contributed by atoms with Crippen LogP contribution in [0.5, 0.6) is 0 Å². The van der Waals surface area contributed by atoms with Gasteiger partial charge in [-0.15, -0.1) is 0 Å². The number of anilines is 2. The van der Waals surface area contributed by atoms with E-state index in [2.05, 4.69) is 15.6 Å². The summed E-state index contributed by atoms with van der Waals surface area (Å²) in [6.45, 7) is 0. The minimum Gasteiger partial charge on any atom is -0.361 e. The summed E-state index contributed by atoms with van der Waals surface area (Å²) in [4.78, 5) is 16.1. The van der Waals surface area contributed by atoms with Crippen LogP contribution in [0.4, 0.5) is 11.5 Å². The van der Waals surface area contributed by atoms with Gasteiger partial charge < -0.3 is 10.6 Å². The Morgan fingerprint density at radius 3 is 2.78 bits per heavy atom. The van der Waals surface area contributed by atoms with Gasteiger partial charge >= 0.3 is 0 Å². The van der Waals surface area contributed by atoms with E-state index < -0.39 is 0 Å². The molecule has 2 aromatic rings. The largest absolute Gasteiger partial charge is 0.361 e. The van der Waals surface area contributed by atoms with Crippen LogP contribution >= 0.6 is 0 Å². The lowest BCUT2D eigenvalue weighted by Gasteiger charge is -2.16. The SMILES string of the molecule is O=C1CC(c2ccccc2)Nc2ncccc2N1. The second-order valence-electron chi connectivity index (χ2n) is 4.26. The first-order chi connectivity index (χ1) is 8.83. The molecule has 4 heteroatoms. The molecular weight excluding hydrogens is 226 g/mol. The van der Waals surface area contributed by atoms with E-state index in [-0.39, 0.29) is 11.9 Å². The lowest BCUT2D eigenvalue weighted by molar-refractivity contribution is -0.116. The highest BCUT2D eigenvalue weighted by Crippen LogP contribution is 2.29. The molecule has 1 unspecified atom stereocenters. The molecule has 0 spiro atoms. The highest BCUT2D eigenvalue weighted by molar-refractivity contribution is 5.95. The van der Waals surface area contributed by atoms with Crippen molar-refractivity contribution >= 4 is 17.4 Å². The molecular formula is C14H13N3O. The Labute approximate surface area is 105 Å². The molecule has 2 heterocycles. The first kappa shape index (κ1) is 10.8. The molecule has 1 amide bonds. The molecule has 90 valence electrons. The number of aromatic nitrogens is 1. The van der Waals surface area contributed by atoms with Crippen molar-refractivity contribution in [2.75, 3.05) is 10.6 Å². The average molecular weight is 239 g/mol. The van der Waals surface area contributed by atoms with Gasteiger partial charge in [-0.05, 0) is 17.7 Å². The van der Waals surface area contributed by atoms with Crippen LogP contribution in [0, 0.1) is 0 Å². The van der Waals surface area contributed by atoms with E-state index >= 15 is 0 Å². The third-order valence-electron chi connectivity index (χ3n) is 2.98. The van der Waals surface area contributed by atoms with Crippen LogP contribution in [-0.4, -0.2) is 10.9 Å². The van der Waals surface area contributed by atoms with Crippen molar-refractivity contribution < 1.29 is 4.79 Å². The van der Waals surface area contributed by atoms with Crippen molar-refractivity contribution in [3.63, 3.8) is 0 Å². The number of nitrogens with zero attached hydrogens (tertiary/aromatic N) is 1. The van der Waals surface area contributed by atoms with Gasteiger partial charge in [0.05, 0.1) is 18.2 Å². The Hall–Kier alpha value is -2.36. The number of rotatable bonds is 1. The molecule has 1 aliphatic rings. The Kier molecular flexibility index (Phi) is 2.68. The normalized spacial score (nSPS) is 18.2. The number of hydrogen-bond donors (Lipinski definition) is 2. The van der Waals surface area contributed by atoms with Crippen molar-refractivity contribution in [2.24, 2.45) is 0 Å². The highest BCUT2D eigenvalue weighted by atomic mass is 16.1. The molecule has 0 bridgehead atoms. The maximum absolute atomic E-state index is 11.9. The van der Waals surface area contributed by atoms with Crippen molar-refractivity contribution in [2.45, 2.75) is 12.5 Å². The number of fused-ring (bicyclic) bond motifs is 1. The predicted molar refractivity (Wildman–Crippen MR) is 70.3 cm³/mol. The fourth-order valence-electron chi connectivity index (χ4n) is 2.11. The number of carbonyl (C=O) groups is 1. The first-order valence-corrected chi connectivity index (χ1v) is 5.89. The van der Waals surface area contributed by atoms with Gasteiger partial charge in [0, 0.05) is 6.20 Å². The van der Waals surface area contributed by atoms with Gasteiger partial charge in [0.1, 0.15) is 5.82 Å². The van der Waals surface area contributed by atoms with Crippen LogP contribution < -0.4 is 10.6 Å². The van der Waals surface area contributed by atoms with E-state index in [1.54, 1.807) is 6.20 Å². The molecule has 0 saturated heterocycles. The molecule has 1 aliphatic heterocycles. The summed E-state index contributed by atoms with van der Waals surface area (Å²) >= 11 is 0. The van der Waals surface area contributed by atoms with Crippen LogP contribution in [0.25, 0.3) is 0 Å². The summed E-state index contributed by atoms with van der Waals surface area (Å²) in [5.41, 5.74) is 1.83. The van der Waals surface area contributed by atoms with Gasteiger partial charge in [0.2, 0.25) is 5.91 Å². The molecule has 4 nitrogen and oxygen atoms in total. The number of carbonyl (C=O) groups excluding carboxylic acids is 1. The Bertz CT molecular complexity index is 568. The minimum absolute atomic E-state index is 0.00287. The number of nitrogens with one attached hydrogen (secondary N) is 2. The molecule has 0 aliphatic carbocycles. The summed E-state index contributed by atoms with van der Waals surface area (Å²) in [5.74, 6) is 0.723. The van der Waals surface area contributed by atoms with E-state index in [1.165, 1.54) is 0 Å². The molecule has 3 rings (SSSR count). The number of hydrogen-bond acceptors (Lipinski definition) is 3. The monoisotopic (exact) mass is 239 g/mol. The molecule has 0 fully saturated rings. The third-order valence-corrected chi connectivity index (χ3v) is 2.98. The quantitative estimate of drug-likeness (QED) is 0.804. The maximum atomic E-state index is 11.9. The third kappa shape index (κ3) is 2.05. The number of pyridine rings is 1. The summed E-state index contributed by atoms with van der Waals surface area (Å²) < 4.78 is 0. The molecule has 0 radical (unpaired) electrons. The summed E-state index contributed by atoms with van der Waals surface area (Å²) in [7, 11) is 0. The Morgan fingerprint density at radius 1 is 1.11 bits per heavy atom. The lowest BCUT2D eigenvalue weighted by Crippen LogP contribution is -2.15. The topological polar surface area (TPSA) is 54.0 Å². The van der Waals surface area contributed by atoms with Gasteiger partial charge in [-0.25, -0.2) is 4.98 Å². The van der Waals surface area contributed by atoms with Crippen LogP contribution in [0.15, 0.2) is 48.7 Å². The molecule has 1 aromatic carbocycles. The van der Waals surface area contributed by atoms with Gasteiger partial charge in [-0.3, -0.25) is 4.79 Å². The van der Waals surface area contributed by atoms with Crippen LogP contribution in [0.3, 0.4) is 0 Å². The smallest absolute Gasteiger partial charge is 0.226 e. The summed E-state index contributed by atoms with van der Waals surface area (Å²) in [6.07, 6.45) is 2.12. The van der Waals surface area contributed by atoms with E-state index in [1.807, 2.05) is 42.5 Å². The molecule has 2 N–H and O–H groups in total. The number of benzene rings is 1. The highest BCUT2D eigenvalue weighted by Gasteiger charge is 2.22. The zero-order valence-corrected chi connectivity index (χ0v) is 9.76. The first-order valence-electron chi connectivity index (χ1n) is 5.89. The van der Waals surface area contributed by atoms with Crippen LogP contribution in [0.1, 0.15) is 18.0 Å². The number of amides is 1. The average Bonchev–Trinajstić information content (AvgIpc) is 2.57. The van der Waals surface area contributed by atoms with Crippen LogP contribution in [-0.2, 0) is 4.79 Å². The Balaban J connectivity index is 1.97. The fourth-order valence-corrected chi connectivity index (χ4v) is 2.11. The van der Waals surface area contributed by atoms with E-state index in [0.29, 0.717) is 6.42 Å². The van der Waals surface area contributed by atoms with Gasteiger partial charge in [0.25, 0.3) is 0 Å². The van der Waals surface area contributed by atoms with Crippen molar-refractivity contribution in [3.8, 4) is 0 Å². The van der Waals surface area contributed by atoms with Crippen molar-refractivity contribution in [1.82, 2.24) is 4.98 Å². The zero-order chi connectivity index (χ0) is 12.4. The van der Waals surface area contributed by atoms with Crippen molar-refractivity contribution in [1.29, 1.82) is 0 Å². The standard InChI is InChI=1S/C14H13N3O/c18-13-9-12(10-5-2-1-3-6-10)17-14-11(16-13)7-4-8-15-14/h1-8,12H,9H2,(H,15,17)(H,16,18). The fraction of sp³-hybridized carbons (Fsp3) is 0.143.